The van der Waals surface area contributed by atoms with E-state index in [0.29, 0.717) is 6.54 Å². The molecule has 0 saturated heterocycles. The first-order chi connectivity index (χ1) is 11.0. The molecule has 4 nitrogen and oxygen atoms in total. The number of benzene rings is 2. The van der Waals surface area contributed by atoms with E-state index in [0.717, 1.165) is 22.6 Å². The Kier molecular flexibility index (Phi) is 5.63. The molecule has 1 N–H and O–H groups in total. The van der Waals surface area contributed by atoms with Gasteiger partial charge in [0.2, 0.25) is 5.91 Å². The SMILES string of the molecule is COc1ccc(NC(C)C(=O)N(C)Cc2ccccc2)cc1C. The van der Waals surface area contributed by atoms with Crippen molar-refractivity contribution in [3.05, 3.63) is 59.7 Å². The third-order valence-electron chi connectivity index (χ3n) is 3.79. The van der Waals surface area contributed by atoms with Crippen molar-refractivity contribution in [3.63, 3.8) is 0 Å². The van der Waals surface area contributed by atoms with Gasteiger partial charge in [0.15, 0.2) is 0 Å². The molecule has 0 aliphatic rings. The number of carbonyl (C=O) groups excluding carboxylic acids is 1. The second-order valence-corrected chi connectivity index (χ2v) is 5.73. The average molecular weight is 312 g/mol. The second kappa shape index (κ2) is 7.68. The molecule has 122 valence electrons. The fourth-order valence-electron chi connectivity index (χ4n) is 2.55. The van der Waals surface area contributed by atoms with E-state index in [2.05, 4.69) is 5.32 Å². The number of hydrogen-bond donors (Lipinski definition) is 1. The van der Waals surface area contributed by atoms with Crippen molar-refractivity contribution in [3.8, 4) is 5.75 Å². The molecule has 0 aliphatic heterocycles. The predicted octanol–water partition coefficient (Wildman–Crippen LogP) is 3.46. The summed E-state index contributed by atoms with van der Waals surface area (Å²) in [7, 11) is 3.48. The summed E-state index contributed by atoms with van der Waals surface area (Å²) in [5.41, 5.74) is 3.07. The molecule has 23 heavy (non-hydrogen) atoms. The lowest BCUT2D eigenvalue weighted by molar-refractivity contribution is -0.130. The van der Waals surface area contributed by atoms with Crippen molar-refractivity contribution in [2.75, 3.05) is 19.5 Å². The average Bonchev–Trinajstić information content (AvgIpc) is 2.55. The minimum absolute atomic E-state index is 0.0577. The van der Waals surface area contributed by atoms with Gasteiger partial charge in [-0.25, -0.2) is 0 Å². The summed E-state index contributed by atoms with van der Waals surface area (Å²) >= 11 is 0. The van der Waals surface area contributed by atoms with Crippen LogP contribution in [0.4, 0.5) is 5.69 Å². The number of likely N-dealkylation sites (N-methyl/N-ethyl adjacent to an activating group) is 1. The molecule has 1 atom stereocenters. The van der Waals surface area contributed by atoms with Gasteiger partial charge in [0.05, 0.1) is 7.11 Å². The zero-order valence-corrected chi connectivity index (χ0v) is 14.2. The lowest BCUT2D eigenvalue weighted by atomic mass is 10.1. The molecule has 2 aromatic carbocycles. The van der Waals surface area contributed by atoms with Gasteiger partial charge in [0.1, 0.15) is 11.8 Å². The van der Waals surface area contributed by atoms with Gasteiger partial charge in [0.25, 0.3) is 0 Å². The van der Waals surface area contributed by atoms with E-state index in [1.165, 1.54) is 0 Å². The maximum atomic E-state index is 12.5. The molecule has 2 rings (SSSR count). The number of amides is 1. The Morgan fingerprint density at radius 3 is 2.52 bits per heavy atom. The zero-order valence-electron chi connectivity index (χ0n) is 14.2. The smallest absolute Gasteiger partial charge is 0.244 e. The van der Waals surface area contributed by atoms with Crippen LogP contribution < -0.4 is 10.1 Å². The highest BCUT2D eigenvalue weighted by molar-refractivity contribution is 5.84. The molecule has 0 fully saturated rings. The van der Waals surface area contributed by atoms with E-state index < -0.39 is 0 Å². The third-order valence-corrected chi connectivity index (χ3v) is 3.79. The van der Waals surface area contributed by atoms with Gasteiger partial charge in [0, 0.05) is 19.3 Å². The summed E-state index contributed by atoms with van der Waals surface area (Å²) < 4.78 is 5.25. The fraction of sp³-hybridized carbons (Fsp3) is 0.316. The Hall–Kier alpha value is -2.49. The number of nitrogens with zero attached hydrogens (tertiary/aromatic N) is 1. The van der Waals surface area contributed by atoms with Crippen molar-refractivity contribution in [2.24, 2.45) is 0 Å². The summed E-state index contributed by atoms with van der Waals surface area (Å²) in [6.07, 6.45) is 0. The van der Waals surface area contributed by atoms with Crippen LogP contribution in [-0.4, -0.2) is 31.0 Å². The van der Waals surface area contributed by atoms with Crippen LogP contribution in [0.15, 0.2) is 48.5 Å². The van der Waals surface area contributed by atoms with E-state index in [-0.39, 0.29) is 11.9 Å². The zero-order chi connectivity index (χ0) is 16.8. The van der Waals surface area contributed by atoms with Crippen molar-refractivity contribution >= 4 is 11.6 Å². The molecule has 0 aromatic heterocycles. The van der Waals surface area contributed by atoms with E-state index in [1.54, 1.807) is 12.0 Å². The number of hydrogen-bond acceptors (Lipinski definition) is 3. The molecular formula is C19H24N2O2. The Bertz CT molecular complexity index is 656. The number of carbonyl (C=O) groups is 1. The molecule has 0 heterocycles. The number of nitrogens with one attached hydrogen (secondary N) is 1. The number of rotatable bonds is 6. The normalized spacial score (nSPS) is 11.7. The first-order valence-electron chi connectivity index (χ1n) is 7.71. The molecule has 0 saturated carbocycles. The Morgan fingerprint density at radius 1 is 1.22 bits per heavy atom. The topological polar surface area (TPSA) is 41.6 Å². The fourth-order valence-corrected chi connectivity index (χ4v) is 2.55. The Balaban J connectivity index is 1.98. The predicted molar refractivity (Wildman–Crippen MR) is 93.7 cm³/mol. The first-order valence-corrected chi connectivity index (χ1v) is 7.71. The van der Waals surface area contributed by atoms with Gasteiger partial charge < -0.3 is 15.0 Å². The van der Waals surface area contributed by atoms with Gasteiger partial charge in [-0.2, -0.15) is 0 Å². The van der Waals surface area contributed by atoms with Crippen LogP contribution in [0.2, 0.25) is 0 Å². The quantitative estimate of drug-likeness (QED) is 0.888. The molecule has 0 spiro atoms. The monoisotopic (exact) mass is 312 g/mol. The van der Waals surface area contributed by atoms with E-state index >= 15 is 0 Å². The van der Waals surface area contributed by atoms with Crippen LogP contribution >= 0.6 is 0 Å². The maximum absolute atomic E-state index is 12.5. The highest BCUT2D eigenvalue weighted by atomic mass is 16.5. The van der Waals surface area contributed by atoms with Crippen LogP contribution in [0.25, 0.3) is 0 Å². The lowest BCUT2D eigenvalue weighted by Crippen LogP contribution is -2.38. The molecular weight excluding hydrogens is 288 g/mol. The first kappa shape index (κ1) is 16.9. The standard InChI is InChI=1S/C19H24N2O2/c1-14-12-17(10-11-18(14)23-4)20-15(2)19(22)21(3)13-16-8-6-5-7-9-16/h5-12,15,20H,13H2,1-4H3. The van der Waals surface area contributed by atoms with Crippen LogP contribution in [0.1, 0.15) is 18.1 Å². The van der Waals surface area contributed by atoms with Crippen molar-refractivity contribution in [1.82, 2.24) is 4.90 Å². The summed E-state index contributed by atoms with van der Waals surface area (Å²) in [6, 6.07) is 15.5. The Labute approximate surface area is 138 Å². The molecule has 4 heteroatoms. The summed E-state index contributed by atoms with van der Waals surface area (Å²) in [6.45, 7) is 4.47. The van der Waals surface area contributed by atoms with Crippen molar-refractivity contribution in [2.45, 2.75) is 26.4 Å². The molecule has 0 bridgehead atoms. The van der Waals surface area contributed by atoms with E-state index in [1.807, 2.05) is 69.4 Å². The molecule has 1 unspecified atom stereocenters. The summed E-state index contributed by atoms with van der Waals surface area (Å²) in [5.74, 6) is 0.901. The summed E-state index contributed by atoms with van der Waals surface area (Å²) in [4.78, 5) is 14.2. The number of methoxy groups -OCH3 is 1. The minimum Gasteiger partial charge on any atom is -0.496 e. The molecule has 0 aliphatic carbocycles. The second-order valence-electron chi connectivity index (χ2n) is 5.73. The number of aryl methyl sites for hydroxylation is 1. The number of anilines is 1. The van der Waals surface area contributed by atoms with Gasteiger partial charge in [-0.15, -0.1) is 0 Å². The number of ether oxygens (including phenoxy) is 1. The maximum Gasteiger partial charge on any atom is 0.244 e. The minimum atomic E-state index is -0.295. The van der Waals surface area contributed by atoms with Gasteiger partial charge in [-0.1, -0.05) is 30.3 Å². The highest BCUT2D eigenvalue weighted by Crippen LogP contribution is 2.22. The molecule has 1 amide bonds. The van der Waals surface area contributed by atoms with Crippen LogP contribution in [0.3, 0.4) is 0 Å². The summed E-state index contributed by atoms with van der Waals surface area (Å²) in [5, 5.41) is 3.25. The van der Waals surface area contributed by atoms with Crippen LogP contribution in [-0.2, 0) is 11.3 Å². The third kappa shape index (κ3) is 4.49. The van der Waals surface area contributed by atoms with Gasteiger partial charge >= 0.3 is 0 Å². The van der Waals surface area contributed by atoms with E-state index in [4.69, 9.17) is 4.74 Å². The highest BCUT2D eigenvalue weighted by Gasteiger charge is 2.17. The largest absolute Gasteiger partial charge is 0.496 e. The van der Waals surface area contributed by atoms with Crippen molar-refractivity contribution in [1.29, 1.82) is 0 Å². The van der Waals surface area contributed by atoms with E-state index in [9.17, 15) is 4.79 Å². The van der Waals surface area contributed by atoms with Crippen molar-refractivity contribution < 1.29 is 9.53 Å². The molecule has 0 radical (unpaired) electrons. The van der Waals surface area contributed by atoms with Crippen LogP contribution in [0.5, 0.6) is 5.75 Å². The lowest BCUT2D eigenvalue weighted by Gasteiger charge is -2.23. The Morgan fingerprint density at radius 2 is 1.91 bits per heavy atom. The van der Waals surface area contributed by atoms with Gasteiger partial charge in [-0.3, -0.25) is 4.79 Å². The van der Waals surface area contributed by atoms with Gasteiger partial charge in [-0.05, 0) is 43.2 Å². The van der Waals surface area contributed by atoms with Crippen LogP contribution in [0, 0.1) is 6.92 Å². The molecule has 2 aromatic rings.